The molecule has 0 N–H and O–H groups in total. The Labute approximate surface area is 174 Å². The Morgan fingerprint density at radius 1 is 1.30 bits per heavy atom. The Balaban J connectivity index is 1.91. The summed E-state index contributed by atoms with van der Waals surface area (Å²) in [4.78, 5) is 26.7. The van der Waals surface area contributed by atoms with Crippen molar-refractivity contribution < 1.29 is 9.72 Å². The van der Waals surface area contributed by atoms with Crippen molar-refractivity contribution in [3.8, 4) is 0 Å². The van der Waals surface area contributed by atoms with Crippen molar-refractivity contribution in [3.63, 3.8) is 0 Å². The Kier molecular flexibility index (Phi) is 6.21. The summed E-state index contributed by atoms with van der Waals surface area (Å²) in [6, 6.07) is 12.0. The number of carbonyl (C=O) groups is 1. The van der Waals surface area contributed by atoms with Gasteiger partial charge < -0.3 is 0 Å². The van der Waals surface area contributed by atoms with Gasteiger partial charge >= 0.3 is 0 Å². The third-order valence-corrected chi connectivity index (χ3v) is 6.41. The average molecular weight is 437 g/mol. The van der Waals surface area contributed by atoms with Crippen LogP contribution >= 0.6 is 47.3 Å². The quantitative estimate of drug-likeness (QED) is 0.262. The fourth-order valence-corrected chi connectivity index (χ4v) is 4.82. The number of nitro benzene ring substituents is 1. The maximum Gasteiger partial charge on any atom is 0.283 e. The summed E-state index contributed by atoms with van der Waals surface area (Å²) in [6.45, 7) is 2.35. The van der Waals surface area contributed by atoms with Crippen molar-refractivity contribution in [2.45, 2.75) is 16.7 Å². The van der Waals surface area contributed by atoms with Crippen LogP contribution in [0.3, 0.4) is 0 Å². The Bertz CT molecular complexity index is 961. The first-order valence-corrected chi connectivity index (χ1v) is 10.3. The van der Waals surface area contributed by atoms with Crippen molar-refractivity contribution in [2.24, 2.45) is 0 Å². The Morgan fingerprint density at radius 2 is 2.00 bits per heavy atom. The SMILES string of the molecule is CCN1C(=O)C(=Cc2ccc(Sc3ccc(Cl)cc3)c([N+](=O)[O-])c2)SC1=S. The first kappa shape index (κ1) is 19.9. The van der Waals surface area contributed by atoms with E-state index < -0.39 is 4.92 Å². The van der Waals surface area contributed by atoms with Crippen molar-refractivity contribution in [1.29, 1.82) is 0 Å². The van der Waals surface area contributed by atoms with Crippen LogP contribution < -0.4 is 0 Å². The molecule has 0 spiro atoms. The molecule has 9 heteroatoms. The van der Waals surface area contributed by atoms with Gasteiger partial charge in [0.1, 0.15) is 4.32 Å². The van der Waals surface area contributed by atoms with Crippen molar-refractivity contribution in [1.82, 2.24) is 4.90 Å². The van der Waals surface area contributed by atoms with E-state index in [9.17, 15) is 14.9 Å². The van der Waals surface area contributed by atoms with Crippen molar-refractivity contribution in [2.75, 3.05) is 6.54 Å². The smallest absolute Gasteiger partial charge is 0.283 e. The van der Waals surface area contributed by atoms with E-state index in [4.69, 9.17) is 23.8 Å². The second kappa shape index (κ2) is 8.43. The number of nitrogens with zero attached hydrogens (tertiary/aromatic N) is 2. The first-order chi connectivity index (χ1) is 12.9. The molecule has 138 valence electrons. The minimum Gasteiger partial charge on any atom is -0.293 e. The lowest BCUT2D eigenvalue weighted by Gasteiger charge is -2.09. The third-order valence-electron chi connectivity index (χ3n) is 3.71. The summed E-state index contributed by atoms with van der Waals surface area (Å²) in [5, 5.41) is 12.1. The molecule has 0 radical (unpaired) electrons. The van der Waals surface area contributed by atoms with Gasteiger partial charge in [-0.3, -0.25) is 19.8 Å². The molecule has 0 aliphatic carbocycles. The number of thioether (sulfide) groups is 1. The standard InChI is InChI=1S/C18H13ClN2O3S3/c1-2-20-17(22)16(27-18(20)25)10-11-3-8-15(14(9-11)21(23)24)26-13-6-4-12(19)5-7-13/h3-10H,2H2,1H3. The van der Waals surface area contributed by atoms with Gasteiger partial charge in [-0.25, -0.2) is 0 Å². The average Bonchev–Trinajstić information content (AvgIpc) is 2.90. The highest BCUT2D eigenvalue weighted by Crippen LogP contribution is 2.37. The van der Waals surface area contributed by atoms with Gasteiger partial charge in [0.15, 0.2) is 0 Å². The number of hydrogen-bond donors (Lipinski definition) is 0. The van der Waals surface area contributed by atoms with Gasteiger partial charge in [0.05, 0.1) is 14.7 Å². The van der Waals surface area contributed by atoms with Crippen LogP contribution in [0.4, 0.5) is 5.69 Å². The van der Waals surface area contributed by atoms with Crippen LogP contribution in [0.25, 0.3) is 6.08 Å². The summed E-state index contributed by atoms with van der Waals surface area (Å²) in [6.07, 6.45) is 1.64. The predicted octanol–water partition coefficient (Wildman–Crippen LogP) is 5.62. The number of carbonyl (C=O) groups excluding carboxylic acids is 1. The number of likely N-dealkylation sites (N-methyl/N-ethyl adjacent to an activating group) is 1. The fourth-order valence-electron chi connectivity index (χ4n) is 2.41. The summed E-state index contributed by atoms with van der Waals surface area (Å²) >= 11 is 13.6. The molecule has 0 bridgehead atoms. The molecule has 1 amide bonds. The number of benzene rings is 2. The number of hydrogen-bond acceptors (Lipinski definition) is 6. The summed E-state index contributed by atoms with van der Waals surface area (Å²) < 4.78 is 0.498. The largest absolute Gasteiger partial charge is 0.293 e. The van der Waals surface area contributed by atoms with Gasteiger partial charge in [0, 0.05) is 22.5 Å². The number of thiocarbonyl (C=S) groups is 1. The normalized spacial score (nSPS) is 15.6. The minimum absolute atomic E-state index is 0.0188. The van der Waals surface area contributed by atoms with Crippen LogP contribution in [-0.2, 0) is 4.79 Å². The van der Waals surface area contributed by atoms with Crippen LogP contribution in [0.5, 0.6) is 0 Å². The molecule has 0 saturated carbocycles. The van der Waals surface area contributed by atoms with Gasteiger partial charge in [0.2, 0.25) is 0 Å². The molecule has 27 heavy (non-hydrogen) atoms. The van der Waals surface area contributed by atoms with E-state index in [1.165, 1.54) is 34.5 Å². The van der Waals surface area contributed by atoms with Crippen LogP contribution in [0, 0.1) is 10.1 Å². The molecule has 1 fully saturated rings. The van der Waals surface area contributed by atoms with E-state index in [1.807, 2.05) is 6.92 Å². The predicted molar refractivity (Wildman–Crippen MR) is 114 cm³/mol. The van der Waals surface area contributed by atoms with Crippen molar-refractivity contribution in [3.05, 3.63) is 68.1 Å². The number of halogens is 1. The van der Waals surface area contributed by atoms with Crippen LogP contribution in [0.1, 0.15) is 12.5 Å². The lowest BCUT2D eigenvalue weighted by molar-refractivity contribution is -0.387. The number of nitro groups is 1. The number of rotatable bonds is 5. The van der Waals surface area contributed by atoms with Gasteiger partial charge in [-0.1, -0.05) is 53.4 Å². The topological polar surface area (TPSA) is 63.5 Å². The fraction of sp³-hybridized carbons (Fsp3) is 0.111. The van der Waals surface area contributed by atoms with Gasteiger partial charge in [-0.05, 0) is 48.9 Å². The first-order valence-electron chi connectivity index (χ1n) is 7.86. The summed E-state index contributed by atoms with van der Waals surface area (Å²) in [5.41, 5.74) is 0.563. The number of amides is 1. The van der Waals surface area contributed by atoms with Gasteiger partial charge in [0.25, 0.3) is 11.6 Å². The molecule has 5 nitrogen and oxygen atoms in total. The molecule has 1 heterocycles. The van der Waals surface area contributed by atoms with E-state index in [2.05, 4.69) is 0 Å². The zero-order valence-corrected chi connectivity index (χ0v) is 17.3. The maximum absolute atomic E-state index is 12.3. The highest BCUT2D eigenvalue weighted by molar-refractivity contribution is 8.26. The highest BCUT2D eigenvalue weighted by Gasteiger charge is 2.30. The molecule has 2 aromatic rings. The molecule has 3 rings (SSSR count). The summed E-state index contributed by atoms with van der Waals surface area (Å²) in [5.74, 6) is -0.172. The second-order valence-corrected chi connectivity index (χ2v) is 8.69. The molecule has 0 atom stereocenters. The molecule has 1 aliphatic heterocycles. The third kappa shape index (κ3) is 4.52. The van der Waals surface area contributed by atoms with Gasteiger partial charge in [-0.2, -0.15) is 0 Å². The van der Waals surface area contributed by atoms with Crippen molar-refractivity contribution >= 4 is 69.3 Å². The molecule has 0 aromatic heterocycles. The van der Waals surface area contributed by atoms with Crippen LogP contribution in [0.2, 0.25) is 5.02 Å². The highest BCUT2D eigenvalue weighted by atomic mass is 35.5. The lowest BCUT2D eigenvalue weighted by atomic mass is 10.2. The monoisotopic (exact) mass is 436 g/mol. The van der Waals surface area contributed by atoms with E-state index in [0.717, 1.165) is 4.90 Å². The Morgan fingerprint density at radius 3 is 2.59 bits per heavy atom. The van der Waals surface area contributed by atoms with E-state index >= 15 is 0 Å². The Hall–Kier alpha value is -1.87. The van der Waals surface area contributed by atoms with E-state index in [0.29, 0.717) is 31.3 Å². The summed E-state index contributed by atoms with van der Waals surface area (Å²) in [7, 11) is 0. The lowest BCUT2D eigenvalue weighted by Crippen LogP contribution is -2.27. The zero-order chi connectivity index (χ0) is 19.6. The van der Waals surface area contributed by atoms with Crippen LogP contribution in [0.15, 0.2) is 57.2 Å². The second-order valence-electron chi connectivity index (χ2n) is 5.47. The maximum atomic E-state index is 12.3. The molecule has 2 aromatic carbocycles. The molecule has 0 unspecified atom stereocenters. The van der Waals surface area contributed by atoms with E-state index in [1.54, 1.807) is 42.5 Å². The van der Waals surface area contributed by atoms with Crippen LogP contribution in [-0.4, -0.2) is 26.6 Å². The van der Waals surface area contributed by atoms with E-state index in [-0.39, 0.29) is 11.6 Å². The molecule has 1 saturated heterocycles. The van der Waals surface area contributed by atoms with Gasteiger partial charge in [-0.15, -0.1) is 0 Å². The zero-order valence-electron chi connectivity index (χ0n) is 14.0. The molecular formula is C18H13ClN2O3S3. The minimum atomic E-state index is -0.424. The molecule has 1 aliphatic rings. The molecular weight excluding hydrogens is 424 g/mol.